The second kappa shape index (κ2) is 7.37. The van der Waals surface area contributed by atoms with Crippen molar-refractivity contribution in [3.63, 3.8) is 0 Å². The van der Waals surface area contributed by atoms with Gasteiger partial charge in [0, 0.05) is 20.2 Å². The van der Waals surface area contributed by atoms with E-state index in [0.717, 1.165) is 0 Å². The first-order valence-corrected chi connectivity index (χ1v) is 7.65. The number of amides is 2. The quantitative estimate of drug-likeness (QED) is 0.740. The van der Waals surface area contributed by atoms with E-state index < -0.39 is 12.0 Å². The molecule has 7 nitrogen and oxygen atoms in total. The maximum atomic E-state index is 12.4. The van der Waals surface area contributed by atoms with Crippen LogP contribution in [0, 0.1) is 0 Å². The smallest absolute Gasteiger partial charge is 0.330 e. The van der Waals surface area contributed by atoms with Crippen LogP contribution in [-0.2, 0) is 19.1 Å². The summed E-state index contributed by atoms with van der Waals surface area (Å²) >= 11 is 1.35. The molecule has 1 saturated heterocycles. The number of carbonyl (C=O) groups excluding carboxylic acids is 3. The fraction of sp³-hybridized carbons (Fsp3) is 0.500. The molecule has 1 atom stereocenters. The molecule has 8 heteroatoms. The van der Waals surface area contributed by atoms with E-state index in [4.69, 9.17) is 9.47 Å². The molecule has 0 spiro atoms. The number of hydrogen-bond donors (Lipinski definition) is 0. The molecule has 1 unspecified atom stereocenters. The third-order valence-electron chi connectivity index (χ3n) is 3.46. The van der Waals surface area contributed by atoms with Crippen LogP contribution in [0.5, 0.6) is 0 Å². The molecular formula is C14H18N2O5S. The second-order valence-electron chi connectivity index (χ2n) is 4.79. The van der Waals surface area contributed by atoms with Crippen molar-refractivity contribution in [3.05, 3.63) is 22.4 Å². The lowest BCUT2D eigenvalue weighted by molar-refractivity contribution is -0.157. The lowest BCUT2D eigenvalue weighted by atomic mass is 10.1. The molecule has 0 saturated carbocycles. The standard InChI is InChI=1S/C14H18N2O5S/c1-20-9-12(17)16-6-5-15(8-10(16)14(19)21-2)13(18)11-4-3-7-22-11/h3-4,7,10H,5-6,8-9H2,1-2H3. The summed E-state index contributed by atoms with van der Waals surface area (Å²) in [4.78, 5) is 39.9. The number of piperazine rings is 1. The van der Waals surface area contributed by atoms with Crippen molar-refractivity contribution in [2.45, 2.75) is 6.04 Å². The summed E-state index contributed by atoms with van der Waals surface area (Å²) in [5.41, 5.74) is 0. The molecular weight excluding hydrogens is 308 g/mol. The molecule has 2 rings (SSSR count). The molecule has 120 valence electrons. The van der Waals surface area contributed by atoms with Crippen molar-refractivity contribution in [1.29, 1.82) is 0 Å². The molecule has 1 aliphatic rings. The van der Waals surface area contributed by atoms with Gasteiger partial charge in [0.15, 0.2) is 0 Å². The number of methoxy groups -OCH3 is 2. The van der Waals surface area contributed by atoms with Gasteiger partial charge in [0.25, 0.3) is 5.91 Å². The minimum Gasteiger partial charge on any atom is -0.467 e. The van der Waals surface area contributed by atoms with E-state index in [1.165, 1.54) is 30.5 Å². The van der Waals surface area contributed by atoms with E-state index >= 15 is 0 Å². The van der Waals surface area contributed by atoms with Gasteiger partial charge in [-0.1, -0.05) is 6.07 Å². The molecule has 0 bridgehead atoms. The third kappa shape index (κ3) is 3.45. The molecule has 22 heavy (non-hydrogen) atoms. The number of thiophene rings is 1. The van der Waals surface area contributed by atoms with E-state index in [0.29, 0.717) is 11.4 Å². The Kier molecular flexibility index (Phi) is 5.51. The maximum Gasteiger partial charge on any atom is 0.330 e. The summed E-state index contributed by atoms with van der Waals surface area (Å²) in [7, 11) is 2.68. The molecule has 1 aliphatic heterocycles. The summed E-state index contributed by atoms with van der Waals surface area (Å²) in [5, 5.41) is 1.82. The monoisotopic (exact) mass is 326 g/mol. The van der Waals surface area contributed by atoms with Gasteiger partial charge in [-0.3, -0.25) is 9.59 Å². The Morgan fingerprint density at radius 3 is 2.68 bits per heavy atom. The SMILES string of the molecule is COCC(=O)N1CCN(C(=O)c2cccs2)CC1C(=O)OC. The van der Waals surface area contributed by atoms with Gasteiger partial charge in [-0.2, -0.15) is 0 Å². The zero-order chi connectivity index (χ0) is 16.1. The van der Waals surface area contributed by atoms with E-state index in [1.54, 1.807) is 17.0 Å². The Morgan fingerprint density at radius 1 is 1.32 bits per heavy atom. The van der Waals surface area contributed by atoms with Crippen molar-refractivity contribution < 1.29 is 23.9 Å². The Morgan fingerprint density at radius 2 is 2.09 bits per heavy atom. The Hall–Kier alpha value is -1.93. The highest BCUT2D eigenvalue weighted by Crippen LogP contribution is 2.17. The molecule has 0 aromatic carbocycles. The van der Waals surface area contributed by atoms with Crippen molar-refractivity contribution in [1.82, 2.24) is 9.80 Å². The normalized spacial score (nSPS) is 18.2. The van der Waals surface area contributed by atoms with Gasteiger partial charge in [0.2, 0.25) is 5.91 Å². The minimum atomic E-state index is -0.801. The molecule has 1 fully saturated rings. The van der Waals surface area contributed by atoms with Gasteiger partial charge < -0.3 is 19.3 Å². The highest BCUT2D eigenvalue weighted by Gasteiger charge is 2.37. The van der Waals surface area contributed by atoms with Crippen molar-refractivity contribution in [3.8, 4) is 0 Å². The third-order valence-corrected chi connectivity index (χ3v) is 4.32. The molecule has 0 aliphatic carbocycles. The fourth-order valence-corrected chi connectivity index (χ4v) is 3.06. The van der Waals surface area contributed by atoms with Crippen molar-refractivity contribution >= 4 is 29.1 Å². The number of hydrogen-bond acceptors (Lipinski definition) is 6. The molecule has 1 aromatic rings. The summed E-state index contributed by atoms with van der Waals surface area (Å²) in [5.74, 6) is -0.961. The minimum absolute atomic E-state index is 0.105. The Labute approximate surface area is 132 Å². The van der Waals surface area contributed by atoms with Crippen LogP contribution in [0.2, 0.25) is 0 Å². The lowest BCUT2D eigenvalue weighted by Gasteiger charge is -2.39. The van der Waals surface area contributed by atoms with Gasteiger partial charge in [-0.15, -0.1) is 11.3 Å². The highest BCUT2D eigenvalue weighted by molar-refractivity contribution is 7.12. The van der Waals surface area contributed by atoms with Gasteiger partial charge in [0.05, 0.1) is 18.5 Å². The van der Waals surface area contributed by atoms with Crippen LogP contribution in [0.4, 0.5) is 0 Å². The first-order valence-electron chi connectivity index (χ1n) is 6.77. The predicted molar refractivity (Wildman–Crippen MR) is 79.6 cm³/mol. The number of ether oxygens (including phenoxy) is 2. The number of rotatable bonds is 4. The van der Waals surface area contributed by atoms with E-state index in [1.807, 2.05) is 5.38 Å². The van der Waals surface area contributed by atoms with Crippen LogP contribution in [0.15, 0.2) is 17.5 Å². The van der Waals surface area contributed by atoms with Crippen LogP contribution < -0.4 is 0 Å². The average Bonchev–Trinajstić information content (AvgIpc) is 3.07. The predicted octanol–water partition coefficient (Wildman–Crippen LogP) is 0.220. The average molecular weight is 326 g/mol. The van der Waals surface area contributed by atoms with Crippen LogP contribution in [0.25, 0.3) is 0 Å². The lowest BCUT2D eigenvalue weighted by Crippen LogP contribution is -2.60. The molecule has 2 amide bonds. The van der Waals surface area contributed by atoms with Gasteiger partial charge >= 0.3 is 5.97 Å². The van der Waals surface area contributed by atoms with E-state index in [9.17, 15) is 14.4 Å². The maximum absolute atomic E-state index is 12.4. The van der Waals surface area contributed by atoms with Crippen molar-refractivity contribution in [2.75, 3.05) is 40.5 Å². The molecule has 1 aromatic heterocycles. The fourth-order valence-electron chi connectivity index (χ4n) is 2.37. The molecule has 0 N–H and O–H groups in total. The number of carbonyl (C=O) groups is 3. The van der Waals surface area contributed by atoms with E-state index in [2.05, 4.69) is 0 Å². The largest absolute Gasteiger partial charge is 0.467 e. The zero-order valence-corrected chi connectivity index (χ0v) is 13.3. The van der Waals surface area contributed by atoms with E-state index in [-0.39, 0.29) is 31.5 Å². The van der Waals surface area contributed by atoms with Crippen molar-refractivity contribution in [2.24, 2.45) is 0 Å². The van der Waals surface area contributed by atoms with Crippen LogP contribution in [-0.4, -0.2) is 74.1 Å². The Bertz CT molecular complexity index is 545. The summed E-state index contributed by atoms with van der Waals surface area (Å²) in [6, 6.07) is 2.74. The van der Waals surface area contributed by atoms with Crippen LogP contribution >= 0.6 is 11.3 Å². The van der Waals surface area contributed by atoms with Crippen LogP contribution in [0.3, 0.4) is 0 Å². The Balaban J connectivity index is 2.13. The number of nitrogens with zero attached hydrogens (tertiary/aromatic N) is 2. The molecule has 2 heterocycles. The number of esters is 1. The second-order valence-corrected chi connectivity index (χ2v) is 5.74. The summed E-state index contributed by atoms with van der Waals surface area (Å²) in [6.07, 6.45) is 0. The summed E-state index contributed by atoms with van der Waals surface area (Å²) < 4.78 is 9.59. The topological polar surface area (TPSA) is 76.2 Å². The molecule has 0 radical (unpaired) electrons. The summed E-state index contributed by atoms with van der Waals surface area (Å²) in [6.45, 7) is 0.671. The first-order chi connectivity index (χ1) is 10.6. The van der Waals surface area contributed by atoms with Crippen LogP contribution in [0.1, 0.15) is 9.67 Å². The highest BCUT2D eigenvalue weighted by atomic mass is 32.1. The van der Waals surface area contributed by atoms with Gasteiger partial charge in [-0.05, 0) is 11.4 Å². The van der Waals surface area contributed by atoms with Gasteiger partial charge in [-0.25, -0.2) is 4.79 Å². The first kappa shape index (κ1) is 16.4. The van der Waals surface area contributed by atoms with Gasteiger partial charge in [0.1, 0.15) is 12.6 Å². The zero-order valence-electron chi connectivity index (χ0n) is 12.5.